The highest BCUT2D eigenvalue weighted by molar-refractivity contribution is 5.93. The van der Waals surface area contributed by atoms with Crippen molar-refractivity contribution < 1.29 is 28.7 Å². The lowest BCUT2D eigenvalue weighted by atomic mass is 9.95. The monoisotopic (exact) mass is 609 g/mol. The predicted molar refractivity (Wildman–Crippen MR) is 165 cm³/mol. The highest BCUT2D eigenvalue weighted by Gasteiger charge is 2.25. The van der Waals surface area contributed by atoms with Gasteiger partial charge in [-0.25, -0.2) is 14.9 Å². The van der Waals surface area contributed by atoms with Crippen LogP contribution in [0.25, 0.3) is 0 Å². The Balaban J connectivity index is 1.25. The van der Waals surface area contributed by atoms with Crippen LogP contribution >= 0.6 is 0 Å². The average molecular weight is 610 g/mol. The second kappa shape index (κ2) is 17.1. The molecule has 2 heterocycles. The van der Waals surface area contributed by atoms with Crippen LogP contribution in [0.15, 0.2) is 54.7 Å². The number of nitrogens with one attached hydrogen (secondary N) is 4. The molecule has 44 heavy (non-hydrogen) atoms. The lowest BCUT2D eigenvalue weighted by Gasteiger charge is -2.31. The third-order valence-electron chi connectivity index (χ3n) is 7.26. The van der Waals surface area contributed by atoms with Gasteiger partial charge in [-0.15, -0.1) is 0 Å². The van der Waals surface area contributed by atoms with Crippen LogP contribution in [0.5, 0.6) is 5.75 Å². The summed E-state index contributed by atoms with van der Waals surface area (Å²) in [4.78, 5) is 34.7. The number of hydroxylamine groups is 1. The summed E-state index contributed by atoms with van der Waals surface area (Å²) in [5, 5.41) is 17.6. The third-order valence-corrected chi connectivity index (χ3v) is 7.26. The van der Waals surface area contributed by atoms with E-state index >= 15 is 0 Å². The van der Waals surface area contributed by atoms with Gasteiger partial charge in [0.15, 0.2) is 11.6 Å². The van der Waals surface area contributed by atoms with E-state index in [2.05, 4.69) is 30.8 Å². The molecule has 0 unspecified atom stereocenters. The van der Waals surface area contributed by atoms with Crippen LogP contribution in [0.4, 0.5) is 33.2 Å². The fourth-order valence-electron chi connectivity index (χ4n) is 4.85. The Morgan fingerprint density at radius 3 is 2.52 bits per heavy atom. The van der Waals surface area contributed by atoms with E-state index in [-0.39, 0.29) is 29.5 Å². The van der Waals surface area contributed by atoms with E-state index in [1.807, 2.05) is 12.1 Å². The van der Waals surface area contributed by atoms with Gasteiger partial charge in [-0.05, 0) is 87.8 Å². The highest BCUT2D eigenvalue weighted by Crippen LogP contribution is 2.25. The first-order valence-corrected chi connectivity index (χ1v) is 14.8. The lowest BCUT2D eigenvalue weighted by molar-refractivity contribution is -0.129. The normalized spacial score (nSPS) is 13.7. The number of hydrogen-bond acceptors (Lipinski definition) is 10. The fraction of sp³-hybridized carbons (Fsp3) is 0.419. The maximum atomic E-state index is 14.6. The topological polar surface area (TPSA) is 150 Å². The molecule has 12 nitrogen and oxygen atoms in total. The van der Waals surface area contributed by atoms with Crippen molar-refractivity contribution in [2.24, 2.45) is 5.92 Å². The summed E-state index contributed by atoms with van der Waals surface area (Å²) in [7, 11) is 1.61. The molecule has 1 aromatic heterocycles. The minimum Gasteiger partial charge on any atom is -0.491 e. The van der Waals surface area contributed by atoms with Crippen molar-refractivity contribution in [3.05, 3.63) is 60.5 Å². The molecule has 13 heteroatoms. The summed E-state index contributed by atoms with van der Waals surface area (Å²) >= 11 is 0. The molecule has 0 saturated carbocycles. The quantitative estimate of drug-likeness (QED) is 0.0867. The summed E-state index contributed by atoms with van der Waals surface area (Å²) in [5.74, 6) is -0.190. The lowest BCUT2D eigenvalue weighted by Crippen LogP contribution is -2.38. The summed E-state index contributed by atoms with van der Waals surface area (Å²) in [6.45, 7) is 3.55. The van der Waals surface area contributed by atoms with E-state index < -0.39 is 5.82 Å². The molecule has 0 aliphatic carbocycles. The summed E-state index contributed by atoms with van der Waals surface area (Å²) in [6, 6.07) is 14.3. The second-order valence-corrected chi connectivity index (χ2v) is 10.5. The van der Waals surface area contributed by atoms with Gasteiger partial charge >= 0.3 is 0 Å². The first-order valence-electron chi connectivity index (χ1n) is 14.8. The Bertz CT molecular complexity index is 1350. The number of ether oxygens (including phenoxy) is 2. The number of unbranched alkanes of at least 4 members (excludes halogenated alkanes) is 2. The van der Waals surface area contributed by atoms with Gasteiger partial charge in [0.2, 0.25) is 17.8 Å². The number of carbonyl (C=O) groups excluding carboxylic acids is 2. The van der Waals surface area contributed by atoms with E-state index in [4.69, 9.17) is 14.7 Å². The number of aromatic nitrogens is 2. The largest absolute Gasteiger partial charge is 0.491 e. The van der Waals surface area contributed by atoms with Crippen molar-refractivity contribution in [2.75, 3.05) is 55.9 Å². The zero-order valence-electron chi connectivity index (χ0n) is 24.9. The van der Waals surface area contributed by atoms with Crippen LogP contribution in [0.3, 0.4) is 0 Å². The number of methoxy groups -OCH3 is 1. The van der Waals surface area contributed by atoms with Gasteiger partial charge in [-0.3, -0.25) is 14.8 Å². The molecule has 3 aromatic rings. The minimum atomic E-state index is -0.616. The molecule has 0 atom stereocenters. The molecule has 0 spiro atoms. The molecule has 1 fully saturated rings. The third kappa shape index (κ3) is 10.4. The molecular weight excluding hydrogens is 569 g/mol. The minimum absolute atomic E-state index is 0.00506. The SMILES string of the molecule is COCCOc1ccc(Nc2ncc(F)c(Nc3cccc(NC(=O)C4CCN(CCCCCC(=O)NO)CC4)c3)n2)cc1. The first kappa shape index (κ1) is 32.6. The highest BCUT2D eigenvalue weighted by atomic mass is 19.1. The Morgan fingerprint density at radius 1 is 1.00 bits per heavy atom. The van der Waals surface area contributed by atoms with Gasteiger partial charge in [0.1, 0.15) is 12.4 Å². The molecule has 0 radical (unpaired) electrons. The number of likely N-dealkylation sites (tertiary alicyclic amines) is 1. The van der Waals surface area contributed by atoms with E-state index in [1.165, 1.54) is 0 Å². The fourth-order valence-corrected chi connectivity index (χ4v) is 4.85. The van der Waals surface area contributed by atoms with Crippen LogP contribution in [0, 0.1) is 11.7 Å². The summed E-state index contributed by atoms with van der Waals surface area (Å²) < 4.78 is 25.1. The molecular formula is C31H40FN7O5. The second-order valence-electron chi connectivity index (χ2n) is 10.5. The first-order chi connectivity index (χ1) is 21.4. The van der Waals surface area contributed by atoms with Crippen LogP contribution in [0.1, 0.15) is 38.5 Å². The number of amides is 2. The van der Waals surface area contributed by atoms with Crippen molar-refractivity contribution in [3.63, 3.8) is 0 Å². The Hall–Kier alpha value is -4.33. The molecule has 2 amide bonds. The average Bonchev–Trinajstić information content (AvgIpc) is 3.04. The number of hydrogen-bond donors (Lipinski definition) is 5. The molecule has 1 aliphatic heterocycles. The van der Waals surface area contributed by atoms with Gasteiger partial charge in [0, 0.05) is 36.5 Å². The number of piperidine rings is 1. The number of anilines is 5. The number of benzene rings is 2. The molecule has 0 bridgehead atoms. The number of nitrogens with zero attached hydrogens (tertiary/aromatic N) is 3. The van der Waals surface area contributed by atoms with Crippen LogP contribution in [-0.4, -0.2) is 71.8 Å². The van der Waals surface area contributed by atoms with Crippen molar-refractivity contribution in [2.45, 2.75) is 38.5 Å². The number of halogens is 1. The maximum absolute atomic E-state index is 14.6. The van der Waals surface area contributed by atoms with Crippen molar-refractivity contribution in [1.29, 1.82) is 0 Å². The van der Waals surface area contributed by atoms with Gasteiger partial charge in [0.05, 0.1) is 12.8 Å². The van der Waals surface area contributed by atoms with E-state index in [1.54, 1.807) is 49.0 Å². The molecule has 4 rings (SSSR count). The Kier molecular flexibility index (Phi) is 12.7. The van der Waals surface area contributed by atoms with Gasteiger partial charge in [-0.2, -0.15) is 4.98 Å². The van der Waals surface area contributed by atoms with E-state index in [0.717, 1.165) is 57.9 Å². The van der Waals surface area contributed by atoms with Crippen molar-refractivity contribution >= 4 is 40.6 Å². The van der Waals surface area contributed by atoms with Gasteiger partial charge in [-0.1, -0.05) is 12.5 Å². The van der Waals surface area contributed by atoms with Gasteiger partial charge < -0.3 is 30.3 Å². The predicted octanol–water partition coefficient (Wildman–Crippen LogP) is 4.84. The molecule has 1 saturated heterocycles. The van der Waals surface area contributed by atoms with Crippen molar-refractivity contribution in [1.82, 2.24) is 20.3 Å². The molecule has 1 aliphatic rings. The molecule has 2 aromatic carbocycles. The Morgan fingerprint density at radius 2 is 1.77 bits per heavy atom. The summed E-state index contributed by atoms with van der Waals surface area (Å²) in [5.41, 5.74) is 3.53. The number of rotatable bonds is 16. The summed E-state index contributed by atoms with van der Waals surface area (Å²) in [6.07, 6.45) is 5.57. The van der Waals surface area contributed by atoms with Crippen LogP contribution < -0.4 is 26.2 Å². The molecule has 5 N–H and O–H groups in total. The van der Waals surface area contributed by atoms with Crippen LogP contribution in [0.2, 0.25) is 0 Å². The Labute approximate surface area is 256 Å². The smallest absolute Gasteiger partial charge is 0.243 e. The van der Waals surface area contributed by atoms with Crippen LogP contribution in [-0.2, 0) is 14.3 Å². The standard InChI is InChI=1S/C31H40FN7O5/c1-43-18-19-44-26-11-9-23(10-12-26)36-31-33-21-27(32)29(37-31)34-24-6-5-7-25(20-24)35-30(41)22-13-16-39(17-14-22)15-4-2-3-8-28(40)38-42/h5-7,9-12,20-22,42H,2-4,8,13-19H2,1H3,(H,35,41)(H,38,40)(H2,33,34,36,37). The molecule has 236 valence electrons. The van der Waals surface area contributed by atoms with Gasteiger partial charge in [0.25, 0.3) is 0 Å². The number of carbonyl (C=O) groups is 2. The maximum Gasteiger partial charge on any atom is 0.243 e. The zero-order valence-corrected chi connectivity index (χ0v) is 24.9. The van der Waals surface area contributed by atoms with Crippen molar-refractivity contribution in [3.8, 4) is 5.75 Å². The zero-order chi connectivity index (χ0) is 31.1. The van der Waals surface area contributed by atoms with E-state index in [9.17, 15) is 14.0 Å². The van der Waals surface area contributed by atoms with E-state index in [0.29, 0.717) is 42.4 Å².